The molecule has 1 aromatic rings. The van der Waals surface area contributed by atoms with Crippen molar-refractivity contribution in [2.24, 2.45) is 0 Å². The third-order valence-electron chi connectivity index (χ3n) is 2.89. The minimum Gasteiger partial charge on any atom is -0.375 e. The van der Waals surface area contributed by atoms with E-state index >= 15 is 0 Å². The first-order valence-corrected chi connectivity index (χ1v) is 6.86. The van der Waals surface area contributed by atoms with Gasteiger partial charge in [-0.3, -0.25) is 0 Å². The van der Waals surface area contributed by atoms with E-state index < -0.39 is 0 Å². The van der Waals surface area contributed by atoms with Crippen molar-refractivity contribution in [3.05, 3.63) is 21.3 Å². The van der Waals surface area contributed by atoms with Gasteiger partial charge in [0.1, 0.15) is 0 Å². The molecule has 0 spiro atoms. The van der Waals surface area contributed by atoms with Crippen LogP contribution >= 0.6 is 22.9 Å². The zero-order valence-electron chi connectivity index (χ0n) is 9.75. The number of hydrogen-bond donors (Lipinski definition) is 1. The summed E-state index contributed by atoms with van der Waals surface area (Å²) in [4.78, 5) is 1.30. The smallest absolute Gasteiger partial charge is 0.0931 e. The average molecular weight is 260 g/mol. The lowest BCUT2D eigenvalue weighted by Gasteiger charge is -2.35. The Morgan fingerprint density at radius 3 is 3.00 bits per heavy atom. The highest BCUT2D eigenvalue weighted by molar-refractivity contribution is 7.16. The van der Waals surface area contributed by atoms with Crippen molar-refractivity contribution < 1.29 is 4.74 Å². The molecule has 0 amide bonds. The molecule has 1 atom stereocenters. The van der Waals surface area contributed by atoms with Crippen LogP contribution in [0.2, 0.25) is 4.34 Å². The largest absolute Gasteiger partial charge is 0.375 e. The number of hydrogen-bond acceptors (Lipinski definition) is 3. The molecule has 90 valence electrons. The predicted octanol–water partition coefficient (Wildman–Crippen LogP) is 3.45. The lowest BCUT2D eigenvalue weighted by molar-refractivity contribution is -0.0630. The fourth-order valence-electron chi connectivity index (χ4n) is 2.10. The van der Waals surface area contributed by atoms with E-state index in [-0.39, 0.29) is 5.60 Å². The number of rotatable bonds is 3. The molecule has 16 heavy (non-hydrogen) atoms. The lowest BCUT2D eigenvalue weighted by atomic mass is 9.94. The molecule has 0 bridgehead atoms. The van der Waals surface area contributed by atoms with Crippen LogP contribution in [0, 0.1) is 0 Å². The average Bonchev–Trinajstić information content (AvgIpc) is 2.60. The maximum absolute atomic E-state index is 5.90. The van der Waals surface area contributed by atoms with Crippen LogP contribution in [0.25, 0.3) is 0 Å². The molecule has 2 rings (SSSR count). The van der Waals surface area contributed by atoms with Crippen molar-refractivity contribution in [1.29, 1.82) is 0 Å². The maximum atomic E-state index is 5.90. The second-order valence-electron chi connectivity index (χ2n) is 4.88. The van der Waals surface area contributed by atoms with Crippen LogP contribution in [0.1, 0.15) is 31.6 Å². The van der Waals surface area contributed by atoms with Gasteiger partial charge in [0.25, 0.3) is 0 Å². The van der Waals surface area contributed by atoms with Crippen molar-refractivity contribution >= 4 is 22.9 Å². The van der Waals surface area contributed by atoms with Gasteiger partial charge < -0.3 is 10.1 Å². The summed E-state index contributed by atoms with van der Waals surface area (Å²) in [5.74, 6) is 0. The Labute approximate surface area is 106 Å². The summed E-state index contributed by atoms with van der Waals surface area (Å²) in [5, 5.41) is 3.58. The van der Waals surface area contributed by atoms with Crippen molar-refractivity contribution in [2.45, 2.75) is 44.9 Å². The van der Waals surface area contributed by atoms with E-state index in [0.29, 0.717) is 6.04 Å². The van der Waals surface area contributed by atoms with Crippen LogP contribution in [-0.2, 0) is 11.3 Å². The number of nitrogens with one attached hydrogen (secondary N) is 1. The van der Waals surface area contributed by atoms with E-state index in [2.05, 4.69) is 25.2 Å². The summed E-state index contributed by atoms with van der Waals surface area (Å²) in [6.45, 7) is 6.08. The van der Waals surface area contributed by atoms with Crippen LogP contribution < -0.4 is 5.32 Å². The van der Waals surface area contributed by atoms with E-state index in [9.17, 15) is 0 Å². The van der Waals surface area contributed by atoms with Crippen LogP contribution in [0.4, 0.5) is 0 Å². The number of halogens is 1. The molecule has 1 aromatic heterocycles. The second-order valence-corrected chi connectivity index (χ2v) is 6.68. The summed E-state index contributed by atoms with van der Waals surface area (Å²) < 4.78 is 6.56. The molecule has 0 saturated carbocycles. The Bertz CT molecular complexity index is 351. The van der Waals surface area contributed by atoms with Gasteiger partial charge in [0.2, 0.25) is 0 Å². The van der Waals surface area contributed by atoms with Crippen molar-refractivity contribution in [3.63, 3.8) is 0 Å². The molecule has 1 aliphatic heterocycles. The number of thiophene rings is 1. The predicted molar refractivity (Wildman–Crippen MR) is 69.2 cm³/mol. The van der Waals surface area contributed by atoms with Crippen molar-refractivity contribution in [2.75, 3.05) is 6.61 Å². The molecule has 1 unspecified atom stereocenters. The van der Waals surface area contributed by atoms with E-state index in [0.717, 1.165) is 30.3 Å². The molecule has 2 heterocycles. The lowest BCUT2D eigenvalue weighted by Crippen LogP contribution is -2.43. The molecule has 1 N–H and O–H groups in total. The van der Waals surface area contributed by atoms with Crippen LogP contribution in [0.3, 0.4) is 0 Å². The summed E-state index contributed by atoms with van der Waals surface area (Å²) in [6, 6.07) is 4.60. The third kappa shape index (κ3) is 3.45. The van der Waals surface area contributed by atoms with E-state index in [4.69, 9.17) is 16.3 Å². The molecule has 4 heteroatoms. The van der Waals surface area contributed by atoms with Gasteiger partial charge in [0.05, 0.1) is 9.94 Å². The first-order valence-electron chi connectivity index (χ1n) is 5.67. The molecular weight excluding hydrogens is 242 g/mol. The zero-order valence-corrected chi connectivity index (χ0v) is 11.3. The highest BCUT2D eigenvalue weighted by Gasteiger charge is 2.28. The Hall–Kier alpha value is -0.0900. The van der Waals surface area contributed by atoms with E-state index in [1.807, 2.05) is 6.07 Å². The van der Waals surface area contributed by atoms with Gasteiger partial charge in [-0.1, -0.05) is 11.6 Å². The Balaban J connectivity index is 1.82. The summed E-state index contributed by atoms with van der Waals surface area (Å²) >= 11 is 7.55. The summed E-state index contributed by atoms with van der Waals surface area (Å²) in [6.07, 6.45) is 2.18. The normalized spacial score (nSPS) is 24.6. The minimum absolute atomic E-state index is 0.0169. The molecule has 0 aromatic carbocycles. The third-order valence-corrected chi connectivity index (χ3v) is 4.12. The monoisotopic (exact) mass is 259 g/mol. The van der Waals surface area contributed by atoms with E-state index in [1.54, 1.807) is 11.3 Å². The Kier molecular flexibility index (Phi) is 3.90. The molecule has 1 saturated heterocycles. The first kappa shape index (κ1) is 12.4. The van der Waals surface area contributed by atoms with Crippen LogP contribution in [0.15, 0.2) is 12.1 Å². The van der Waals surface area contributed by atoms with Gasteiger partial charge in [0, 0.05) is 24.1 Å². The van der Waals surface area contributed by atoms with E-state index in [1.165, 1.54) is 4.88 Å². The standard InChI is InChI=1S/C12H18ClNOS/c1-12(2)7-9(5-6-15-12)14-8-10-3-4-11(13)16-10/h3-4,9,14H,5-8H2,1-2H3. The molecule has 0 aliphatic carbocycles. The highest BCUT2D eigenvalue weighted by atomic mass is 35.5. The van der Waals surface area contributed by atoms with Gasteiger partial charge in [0.15, 0.2) is 0 Å². The quantitative estimate of drug-likeness (QED) is 0.898. The fraction of sp³-hybridized carbons (Fsp3) is 0.667. The summed E-state index contributed by atoms with van der Waals surface area (Å²) in [7, 11) is 0. The fourth-order valence-corrected chi connectivity index (χ4v) is 3.14. The van der Waals surface area contributed by atoms with Crippen LogP contribution in [-0.4, -0.2) is 18.2 Å². The minimum atomic E-state index is 0.0169. The molecule has 1 fully saturated rings. The molecule has 1 aliphatic rings. The van der Waals surface area contributed by atoms with Gasteiger partial charge in [-0.15, -0.1) is 11.3 Å². The molecule has 2 nitrogen and oxygen atoms in total. The summed E-state index contributed by atoms with van der Waals surface area (Å²) in [5.41, 5.74) is 0.0169. The van der Waals surface area contributed by atoms with Crippen LogP contribution in [0.5, 0.6) is 0 Å². The molecule has 0 radical (unpaired) electrons. The van der Waals surface area contributed by atoms with Crippen molar-refractivity contribution in [3.8, 4) is 0 Å². The first-order chi connectivity index (χ1) is 7.55. The van der Waals surface area contributed by atoms with Crippen molar-refractivity contribution in [1.82, 2.24) is 5.32 Å². The SMILES string of the molecule is CC1(C)CC(NCc2ccc(Cl)s2)CCO1. The highest BCUT2D eigenvalue weighted by Crippen LogP contribution is 2.25. The zero-order chi connectivity index (χ0) is 11.6. The Morgan fingerprint density at radius 1 is 1.56 bits per heavy atom. The Morgan fingerprint density at radius 2 is 2.38 bits per heavy atom. The van der Waals surface area contributed by atoms with Gasteiger partial charge in [-0.25, -0.2) is 0 Å². The van der Waals surface area contributed by atoms with Gasteiger partial charge >= 0.3 is 0 Å². The van der Waals surface area contributed by atoms with Gasteiger partial charge in [-0.2, -0.15) is 0 Å². The maximum Gasteiger partial charge on any atom is 0.0931 e. The van der Waals surface area contributed by atoms with Gasteiger partial charge in [-0.05, 0) is 38.8 Å². The number of ether oxygens (including phenoxy) is 1. The molecular formula is C12H18ClNOS. The topological polar surface area (TPSA) is 21.3 Å². The second kappa shape index (κ2) is 5.05.